The van der Waals surface area contributed by atoms with Crippen molar-refractivity contribution in [2.24, 2.45) is 0 Å². The molecule has 13 heavy (non-hydrogen) atoms. The highest BCUT2D eigenvalue weighted by molar-refractivity contribution is 6.77. The number of rotatable bonds is 4. The Labute approximate surface area is 80.7 Å². The Kier molecular flexibility index (Phi) is 3.27. The molecule has 0 bridgehead atoms. The van der Waals surface area contributed by atoms with Crippen molar-refractivity contribution in [2.45, 2.75) is 39.0 Å². The van der Waals surface area contributed by atoms with Gasteiger partial charge in [0.05, 0.1) is 8.07 Å². The highest BCUT2D eigenvalue weighted by Gasteiger charge is 2.22. The van der Waals surface area contributed by atoms with Gasteiger partial charge < -0.3 is 4.74 Å². The molecule has 1 aromatic rings. The van der Waals surface area contributed by atoms with E-state index in [1.807, 2.05) is 12.3 Å². The smallest absolute Gasteiger partial charge is 0.139 e. The van der Waals surface area contributed by atoms with E-state index in [1.54, 1.807) is 10.9 Å². The fourth-order valence-electron chi connectivity index (χ4n) is 0.815. The van der Waals surface area contributed by atoms with Crippen LogP contribution in [0.4, 0.5) is 0 Å². The van der Waals surface area contributed by atoms with Gasteiger partial charge in [-0.2, -0.15) is 5.10 Å². The molecule has 0 aliphatic carbocycles. The highest BCUT2D eigenvalue weighted by atomic mass is 28.3. The summed E-state index contributed by atoms with van der Waals surface area (Å²) < 4.78 is 7.52. The second kappa shape index (κ2) is 4.06. The van der Waals surface area contributed by atoms with Crippen LogP contribution in [0.1, 0.15) is 6.92 Å². The van der Waals surface area contributed by atoms with Gasteiger partial charge in [0.25, 0.3) is 0 Å². The normalized spacial score (nSPS) is 14.5. The van der Waals surface area contributed by atoms with Crippen LogP contribution < -0.4 is 0 Å². The molecular weight excluding hydrogens is 180 g/mol. The lowest BCUT2D eigenvalue weighted by Crippen LogP contribution is -2.38. The van der Waals surface area contributed by atoms with Crippen LogP contribution in [0.15, 0.2) is 18.5 Å². The first-order chi connectivity index (χ1) is 6.00. The Bertz CT molecular complexity index is 241. The molecule has 0 aliphatic rings. The lowest BCUT2D eigenvalue weighted by molar-refractivity contribution is 0.0491. The zero-order valence-corrected chi connectivity index (χ0v) is 9.82. The minimum atomic E-state index is -1.16. The largest absolute Gasteiger partial charge is 0.360 e. The molecule has 1 unspecified atom stereocenters. The van der Waals surface area contributed by atoms with E-state index in [4.69, 9.17) is 4.74 Å². The molecule has 0 radical (unpaired) electrons. The van der Waals surface area contributed by atoms with E-state index in [0.717, 1.165) is 0 Å². The first-order valence-electron chi connectivity index (χ1n) is 4.59. The third-order valence-corrected chi connectivity index (χ3v) is 4.84. The molecule has 0 N–H and O–H groups in total. The van der Waals surface area contributed by atoms with Crippen LogP contribution >= 0.6 is 0 Å². The number of hydrogen-bond acceptors (Lipinski definition) is 2. The van der Waals surface area contributed by atoms with Crippen LogP contribution in [-0.4, -0.2) is 23.6 Å². The number of aromatic nitrogens is 2. The summed E-state index contributed by atoms with van der Waals surface area (Å²) in [5, 5.41) is 4.08. The summed E-state index contributed by atoms with van der Waals surface area (Å²) >= 11 is 0. The lowest BCUT2D eigenvalue weighted by Gasteiger charge is -2.25. The van der Waals surface area contributed by atoms with E-state index >= 15 is 0 Å². The Hall–Kier alpha value is -0.613. The van der Waals surface area contributed by atoms with Crippen molar-refractivity contribution in [1.29, 1.82) is 0 Å². The zero-order valence-electron chi connectivity index (χ0n) is 8.82. The molecule has 1 aromatic heterocycles. The van der Waals surface area contributed by atoms with E-state index in [0.29, 0.717) is 12.5 Å². The van der Waals surface area contributed by atoms with E-state index < -0.39 is 8.07 Å². The summed E-state index contributed by atoms with van der Waals surface area (Å²) in [5.41, 5.74) is 0.372. The first-order valence-corrected chi connectivity index (χ1v) is 8.17. The van der Waals surface area contributed by atoms with Crippen LogP contribution in [0.5, 0.6) is 0 Å². The topological polar surface area (TPSA) is 27.1 Å². The maximum Gasteiger partial charge on any atom is 0.139 e. The average molecular weight is 198 g/mol. The molecule has 0 saturated carbocycles. The van der Waals surface area contributed by atoms with Crippen LogP contribution in [-0.2, 0) is 11.5 Å². The van der Waals surface area contributed by atoms with E-state index in [-0.39, 0.29) is 0 Å². The van der Waals surface area contributed by atoms with Gasteiger partial charge in [-0.1, -0.05) is 19.6 Å². The molecule has 0 saturated heterocycles. The SMILES string of the molecule is CC(OCn1cccn1)[Si](C)(C)C. The van der Waals surface area contributed by atoms with Gasteiger partial charge in [-0.05, 0) is 13.0 Å². The van der Waals surface area contributed by atoms with Gasteiger partial charge in [-0.25, -0.2) is 4.68 Å². The Morgan fingerprint density at radius 2 is 2.15 bits per heavy atom. The summed E-state index contributed by atoms with van der Waals surface area (Å²) in [4.78, 5) is 0. The molecule has 3 nitrogen and oxygen atoms in total. The van der Waals surface area contributed by atoms with Crippen LogP contribution in [0.2, 0.25) is 19.6 Å². The van der Waals surface area contributed by atoms with Gasteiger partial charge in [-0.15, -0.1) is 0 Å². The van der Waals surface area contributed by atoms with E-state index in [2.05, 4.69) is 31.7 Å². The molecule has 0 aromatic carbocycles. The second-order valence-electron chi connectivity index (χ2n) is 4.35. The summed E-state index contributed by atoms with van der Waals surface area (Å²) in [6, 6.07) is 1.91. The number of ether oxygens (including phenoxy) is 1. The predicted octanol–water partition coefficient (Wildman–Crippen LogP) is 2.12. The first kappa shape index (κ1) is 10.5. The molecule has 4 heteroatoms. The van der Waals surface area contributed by atoms with Gasteiger partial charge >= 0.3 is 0 Å². The Morgan fingerprint density at radius 1 is 1.46 bits per heavy atom. The minimum absolute atomic E-state index is 0.372. The van der Waals surface area contributed by atoms with Gasteiger partial charge in [0, 0.05) is 18.1 Å². The molecule has 74 valence electrons. The Morgan fingerprint density at radius 3 is 2.62 bits per heavy atom. The molecule has 1 atom stereocenters. The van der Waals surface area contributed by atoms with Crippen LogP contribution in [0, 0.1) is 0 Å². The molecule has 1 heterocycles. The summed E-state index contributed by atoms with van der Waals surface area (Å²) in [6.07, 6.45) is 3.68. The van der Waals surface area contributed by atoms with Crippen molar-refractivity contribution in [2.75, 3.05) is 0 Å². The summed E-state index contributed by atoms with van der Waals surface area (Å²) in [6.45, 7) is 9.64. The van der Waals surface area contributed by atoms with Gasteiger partial charge in [-0.3, -0.25) is 0 Å². The van der Waals surface area contributed by atoms with Crippen molar-refractivity contribution < 1.29 is 4.74 Å². The van der Waals surface area contributed by atoms with Crippen molar-refractivity contribution in [3.8, 4) is 0 Å². The standard InChI is InChI=1S/C9H18N2OSi/c1-9(13(2,3)4)12-8-11-7-5-6-10-11/h5-7,9H,8H2,1-4H3. The molecule has 0 amide bonds. The molecular formula is C9H18N2OSi. The van der Waals surface area contributed by atoms with Crippen molar-refractivity contribution in [1.82, 2.24) is 9.78 Å². The number of hydrogen-bond donors (Lipinski definition) is 0. The van der Waals surface area contributed by atoms with Crippen LogP contribution in [0.25, 0.3) is 0 Å². The molecule has 0 fully saturated rings. The lowest BCUT2D eigenvalue weighted by atomic mass is 10.8. The molecule has 0 aliphatic heterocycles. The van der Waals surface area contributed by atoms with Crippen LogP contribution in [0.3, 0.4) is 0 Å². The highest BCUT2D eigenvalue weighted by Crippen LogP contribution is 2.10. The monoisotopic (exact) mass is 198 g/mol. The van der Waals surface area contributed by atoms with Gasteiger partial charge in [0.15, 0.2) is 0 Å². The van der Waals surface area contributed by atoms with Crippen molar-refractivity contribution in [3.05, 3.63) is 18.5 Å². The van der Waals surface area contributed by atoms with Crippen molar-refractivity contribution >= 4 is 8.07 Å². The maximum absolute atomic E-state index is 5.71. The average Bonchev–Trinajstić information content (AvgIpc) is 2.50. The third kappa shape index (κ3) is 3.32. The maximum atomic E-state index is 5.71. The van der Waals surface area contributed by atoms with Gasteiger partial charge in [0.2, 0.25) is 0 Å². The van der Waals surface area contributed by atoms with Gasteiger partial charge in [0.1, 0.15) is 6.73 Å². The summed E-state index contributed by atoms with van der Waals surface area (Å²) in [7, 11) is -1.16. The Balaban J connectivity index is 2.35. The van der Waals surface area contributed by atoms with Crippen molar-refractivity contribution in [3.63, 3.8) is 0 Å². The predicted molar refractivity (Wildman–Crippen MR) is 56.1 cm³/mol. The third-order valence-electron chi connectivity index (χ3n) is 2.24. The quantitative estimate of drug-likeness (QED) is 0.693. The molecule has 1 rings (SSSR count). The van der Waals surface area contributed by atoms with E-state index in [1.165, 1.54) is 0 Å². The number of nitrogens with zero attached hydrogens (tertiary/aromatic N) is 2. The fourth-order valence-corrected chi connectivity index (χ4v) is 1.39. The van der Waals surface area contributed by atoms with E-state index in [9.17, 15) is 0 Å². The second-order valence-corrected chi connectivity index (χ2v) is 9.89. The summed E-state index contributed by atoms with van der Waals surface area (Å²) in [5.74, 6) is 0. The fraction of sp³-hybridized carbons (Fsp3) is 0.667. The minimum Gasteiger partial charge on any atom is -0.360 e. The molecule has 0 spiro atoms. The zero-order chi connectivity index (χ0) is 9.90.